The molecule has 17 heavy (non-hydrogen) atoms. The Labute approximate surface area is 112 Å². The minimum Gasteiger partial charge on any atom is -0.385 e. The molecule has 0 amide bonds. The molecular weight excluding hydrogens is 234 g/mol. The van der Waals surface area contributed by atoms with Crippen LogP contribution in [0.1, 0.15) is 26.2 Å². The fourth-order valence-corrected chi connectivity index (χ4v) is 2.26. The Morgan fingerprint density at radius 1 is 1.12 bits per heavy atom. The number of thiol groups is 1. The summed E-state index contributed by atoms with van der Waals surface area (Å²) < 4.78 is 10.3. The van der Waals surface area contributed by atoms with Crippen LogP contribution in [0, 0.1) is 5.92 Å². The van der Waals surface area contributed by atoms with Crippen molar-refractivity contribution in [3.05, 3.63) is 0 Å². The lowest BCUT2D eigenvalue weighted by Crippen LogP contribution is -2.34. The Balaban J connectivity index is 3.95. The van der Waals surface area contributed by atoms with Crippen LogP contribution in [0.25, 0.3) is 0 Å². The van der Waals surface area contributed by atoms with Crippen LogP contribution >= 0.6 is 12.6 Å². The molecule has 0 radical (unpaired) electrons. The number of methoxy groups -OCH3 is 2. The summed E-state index contributed by atoms with van der Waals surface area (Å²) in [6, 6.07) is 0. The highest BCUT2D eigenvalue weighted by molar-refractivity contribution is 7.80. The maximum atomic E-state index is 5.16. The third-order valence-electron chi connectivity index (χ3n) is 2.91. The van der Waals surface area contributed by atoms with E-state index in [1.165, 1.54) is 12.8 Å². The first-order valence-electron chi connectivity index (χ1n) is 6.59. The maximum absolute atomic E-state index is 5.16. The van der Waals surface area contributed by atoms with Crippen molar-refractivity contribution in [2.75, 3.05) is 52.8 Å². The van der Waals surface area contributed by atoms with Gasteiger partial charge in [-0.2, -0.15) is 12.6 Å². The predicted molar refractivity (Wildman–Crippen MR) is 77.1 cm³/mol. The Morgan fingerprint density at radius 3 is 2.35 bits per heavy atom. The SMILES string of the molecule is CCCC(CS)CN(CCCOC)CCOC. The van der Waals surface area contributed by atoms with Crippen LogP contribution in [0.3, 0.4) is 0 Å². The smallest absolute Gasteiger partial charge is 0.0589 e. The van der Waals surface area contributed by atoms with Gasteiger partial charge in [-0.3, -0.25) is 0 Å². The zero-order valence-electron chi connectivity index (χ0n) is 11.7. The average molecular weight is 263 g/mol. The monoisotopic (exact) mass is 263 g/mol. The van der Waals surface area contributed by atoms with Gasteiger partial charge in [0.05, 0.1) is 6.61 Å². The Morgan fingerprint density at radius 2 is 1.82 bits per heavy atom. The molecule has 0 heterocycles. The van der Waals surface area contributed by atoms with E-state index in [0.29, 0.717) is 5.92 Å². The summed E-state index contributed by atoms with van der Waals surface area (Å²) in [4.78, 5) is 2.47. The third-order valence-corrected chi connectivity index (χ3v) is 3.42. The molecule has 0 saturated heterocycles. The highest BCUT2D eigenvalue weighted by Gasteiger charge is 2.12. The summed E-state index contributed by atoms with van der Waals surface area (Å²) in [5.41, 5.74) is 0. The molecule has 0 rings (SSSR count). The first-order valence-corrected chi connectivity index (χ1v) is 7.22. The van der Waals surface area contributed by atoms with Gasteiger partial charge in [0.25, 0.3) is 0 Å². The zero-order chi connectivity index (χ0) is 12.9. The molecule has 0 aromatic rings. The van der Waals surface area contributed by atoms with Gasteiger partial charge >= 0.3 is 0 Å². The molecule has 1 unspecified atom stereocenters. The van der Waals surface area contributed by atoms with Gasteiger partial charge in [0.2, 0.25) is 0 Å². The molecule has 4 heteroatoms. The lowest BCUT2D eigenvalue weighted by Gasteiger charge is -2.26. The van der Waals surface area contributed by atoms with Crippen LogP contribution in [0.15, 0.2) is 0 Å². The van der Waals surface area contributed by atoms with E-state index in [0.717, 1.165) is 45.0 Å². The fourth-order valence-electron chi connectivity index (χ4n) is 1.96. The molecule has 3 nitrogen and oxygen atoms in total. The molecule has 0 spiro atoms. The van der Waals surface area contributed by atoms with Crippen LogP contribution < -0.4 is 0 Å². The topological polar surface area (TPSA) is 21.7 Å². The van der Waals surface area contributed by atoms with Gasteiger partial charge in [-0.25, -0.2) is 0 Å². The molecule has 0 saturated carbocycles. The van der Waals surface area contributed by atoms with Gasteiger partial charge in [-0.1, -0.05) is 13.3 Å². The van der Waals surface area contributed by atoms with E-state index >= 15 is 0 Å². The maximum Gasteiger partial charge on any atom is 0.0589 e. The first kappa shape index (κ1) is 17.2. The molecule has 0 aromatic heterocycles. The molecule has 0 N–H and O–H groups in total. The van der Waals surface area contributed by atoms with Crippen LogP contribution in [-0.4, -0.2) is 57.7 Å². The highest BCUT2D eigenvalue weighted by atomic mass is 32.1. The number of nitrogens with zero attached hydrogens (tertiary/aromatic N) is 1. The van der Waals surface area contributed by atoms with E-state index in [-0.39, 0.29) is 0 Å². The first-order chi connectivity index (χ1) is 8.28. The quantitative estimate of drug-likeness (QED) is 0.431. The Hall–Kier alpha value is 0.230. The van der Waals surface area contributed by atoms with Crippen LogP contribution in [0.2, 0.25) is 0 Å². The van der Waals surface area contributed by atoms with Crippen LogP contribution in [0.5, 0.6) is 0 Å². The molecular formula is C13H29NO2S. The van der Waals surface area contributed by atoms with Crippen LogP contribution in [0.4, 0.5) is 0 Å². The minimum atomic E-state index is 0.697. The molecule has 0 aliphatic heterocycles. The number of hydrogen-bond acceptors (Lipinski definition) is 4. The van der Waals surface area contributed by atoms with Gasteiger partial charge in [0, 0.05) is 40.5 Å². The number of hydrogen-bond donors (Lipinski definition) is 1. The highest BCUT2D eigenvalue weighted by Crippen LogP contribution is 2.11. The minimum absolute atomic E-state index is 0.697. The summed E-state index contributed by atoms with van der Waals surface area (Å²) in [5.74, 6) is 1.67. The fraction of sp³-hybridized carbons (Fsp3) is 1.00. The standard InChI is InChI=1S/C13H29NO2S/c1-4-6-13(12-17)11-14(8-10-16-3)7-5-9-15-2/h13,17H,4-12H2,1-3H3. The predicted octanol–water partition coefficient (Wildman–Crippen LogP) is 2.32. The van der Waals surface area contributed by atoms with E-state index in [2.05, 4.69) is 24.5 Å². The average Bonchev–Trinajstić information content (AvgIpc) is 2.35. The van der Waals surface area contributed by atoms with Crippen molar-refractivity contribution < 1.29 is 9.47 Å². The van der Waals surface area contributed by atoms with Crippen molar-refractivity contribution in [1.82, 2.24) is 4.90 Å². The largest absolute Gasteiger partial charge is 0.385 e. The molecule has 104 valence electrons. The van der Waals surface area contributed by atoms with Gasteiger partial charge in [-0.15, -0.1) is 0 Å². The van der Waals surface area contributed by atoms with E-state index in [1.54, 1.807) is 14.2 Å². The Bertz CT molecular complexity index is 158. The van der Waals surface area contributed by atoms with E-state index in [4.69, 9.17) is 9.47 Å². The van der Waals surface area contributed by atoms with Gasteiger partial charge in [0.1, 0.15) is 0 Å². The lowest BCUT2D eigenvalue weighted by atomic mass is 10.1. The molecule has 0 bridgehead atoms. The number of ether oxygens (including phenoxy) is 2. The molecule has 0 fully saturated rings. The summed E-state index contributed by atoms with van der Waals surface area (Å²) >= 11 is 4.44. The summed E-state index contributed by atoms with van der Waals surface area (Å²) in [5, 5.41) is 0. The van der Waals surface area contributed by atoms with Gasteiger partial charge in [-0.05, 0) is 24.5 Å². The second-order valence-corrected chi connectivity index (χ2v) is 4.84. The van der Waals surface area contributed by atoms with Crippen molar-refractivity contribution in [1.29, 1.82) is 0 Å². The van der Waals surface area contributed by atoms with Gasteiger partial charge < -0.3 is 14.4 Å². The zero-order valence-corrected chi connectivity index (χ0v) is 12.5. The normalized spacial score (nSPS) is 13.2. The molecule has 0 aliphatic rings. The molecule has 0 aromatic carbocycles. The molecule has 0 aliphatic carbocycles. The van der Waals surface area contributed by atoms with E-state index < -0.39 is 0 Å². The summed E-state index contributed by atoms with van der Waals surface area (Å²) in [6.07, 6.45) is 3.59. The van der Waals surface area contributed by atoms with Gasteiger partial charge in [0.15, 0.2) is 0 Å². The molecule has 1 atom stereocenters. The van der Waals surface area contributed by atoms with Crippen molar-refractivity contribution in [2.45, 2.75) is 26.2 Å². The summed E-state index contributed by atoms with van der Waals surface area (Å²) in [7, 11) is 3.52. The van der Waals surface area contributed by atoms with Crippen molar-refractivity contribution in [3.63, 3.8) is 0 Å². The van der Waals surface area contributed by atoms with E-state index in [1.807, 2.05) is 0 Å². The van der Waals surface area contributed by atoms with E-state index in [9.17, 15) is 0 Å². The Kier molecular flexibility index (Phi) is 12.9. The lowest BCUT2D eigenvalue weighted by molar-refractivity contribution is 0.123. The van der Waals surface area contributed by atoms with Crippen molar-refractivity contribution >= 4 is 12.6 Å². The second-order valence-electron chi connectivity index (χ2n) is 4.48. The van der Waals surface area contributed by atoms with Crippen LogP contribution in [-0.2, 0) is 9.47 Å². The van der Waals surface area contributed by atoms with Crippen molar-refractivity contribution in [2.24, 2.45) is 5.92 Å². The third kappa shape index (κ3) is 9.89. The number of rotatable bonds is 12. The second kappa shape index (κ2) is 12.7. The van der Waals surface area contributed by atoms with Crippen molar-refractivity contribution in [3.8, 4) is 0 Å². The summed E-state index contributed by atoms with van der Waals surface area (Å²) in [6.45, 7) is 7.10.